The second kappa shape index (κ2) is 10.7. The Balaban J connectivity index is 0.00000242. The summed E-state index contributed by atoms with van der Waals surface area (Å²) in [6.07, 6.45) is 3.94. The van der Waals surface area contributed by atoms with Gasteiger partial charge in [0.25, 0.3) is 0 Å². The first-order valence-electron chi connectivity index (χ1n) is 7.19. The maximum absolute atomic E-state index is 4.65. The van der Waals surface area contributed by atoms with Crippen LogP contribution in [0.4, 0.5) is 0 Å². The van der Waals surface area contributed by atoms with E-state index in [-0.39, 0.29) is 24.0 Å². The number of hydrogen-bond donors (Lipinski definition) is 2. The third-order valence-electron chi connectivity index (χ3n) is 3.07. The van der Waals surface area contributed by atoms with Gasteiger partial charge in [-0.25, -0.2) is 4.99 Å². The van der Waals surface area contributed by atoms with Crippen LogP contribution in [0.3, 0.4) is 0 Å². The number of aromatic nitrogens is 1. The smallest absolute Gasteiger partial charge is 0.191 e. The van der Waals surface area contributed by atoms with E-state index in [0.29, 0.717) is 6.54 Å². The van der Waals surface area contributed by atoms with Gasteiger partial charge in [-0.1, -0.05) is 24.3 Å². The first-order chi connectivity index (χ1) is 10.3. The van der Waals surface area contributed by atoms with E-state index >= 15 is 0 Å². The summed E-state index contributed by atoms with van der Waals surface area (Å²) >= 11 is 1.82. The highest BCUT2D eigenvalue weighted by molar-refractivity contribution is 14.0. The highest BCUT2D eigenvalue weighted by Crippen LogP contribution is 2.16. The number of aliphatic imine (C=N–C) groups is 1. The fraction of sp³-hybridized carbons (Fsp3) is 0.375. The predicted molar refractivity (Wildman–Crippen MR) is 108 cm³/mol. The highest BCUT2D eigenvalue weighted by atomic mass is 127. The summed E-state index contributed by atoms with van der Waals surface area (Å²) in [6, 6.07) is 10.3. The zero-order valence-corrected chi connectivity index (χ0v) is 16.2. The van der Waals surface area contributed by atoms with Crippen molar-refractivity contribution in [2.75, 3.05) is 25.1 Å². The van der Waals surface area contributed by atoms with E-state index in [9.17, 15) is 0 Å². The molecule has 1 aromatic heterocycles. The van der Waals surface area contributed by atoms with Gasteiger partial charge in [-0.05, 0) is 24.8 Å². The number of fused-ring (bicyclic) bond motifs is 1. The van der Waals surface area contributed by atoms with Crippen LogP contribution in [0.5, 0.6) is 0 Å². The van der Waals surface area contributed by atoms with E-state index in [1.165, 1.54) is 0 Å². The fourth-order valence-electron chi connectivity index (χ4n) is 2.07. The molecule has 0 aliphatic heterocycles. The molecule has 6 heteroatoms. The monoisotopic (exact) mass is 430 g/mol. The van der Waals surface area contributed by atoms with Crippen molar-refractivity contribution >= 4 is 52.6 Å². The largest absolute Gasteiger partial charge is 0.357 e. The molecule has 0 bridgehead atoms. The minimum Gasteiger partial charge on any atom is -0.357 e. The van der Waals surface area contributed by atoms with Gasteiger partial charge in [-0.3, -0.25) is 4.98 Å². The summed E-state index contributed by atoms with van der Waals surface area (Å²) in [6.45, 7) is 4.48. The quantitative estimate of drug-likeness (QED) is 0.320. The third kappa shape index (κ3) is 5.64. The first-order valence-corrected chi connectivity index (χ1v) is 8.58. The Labute approximate surface area is 153 Å². The zero-order valence-electron chi connectivity index (χ0n) is 13.0. The number of hydrogen-bond acceptors (Lipinski definition) is 3. The summed E-state index contributed by atoms with van der Waals surface area (Å²) < 4.78 is 0. The van der Waals surface area contributed by atoms with Gasteiger partial charge in [0.2, 0.25) is 0 Å². The average Bonchev–Trinajstić information content (AvgIpc) is 2.53. The number of benzene rings is 1. The average molecular weight is 430 g/mol. The van der Waals surface area contributed by atoms with Crippen molar-refractivity contribution in [3.05, 3.63) is 42.1 Å². The molecule has 2 aromatic rings. The second-order valence-corrected chi connectivity index (χ2v) is 5.59. The third-order valence-corrected chi connectivity index (χ3v) is 3.68. The van der Waals surface area contributed by atoms with E-state index < -0.39 is 0 Å². The van der Waals surface area contributed by atoms with Gasteiger partial charge < -0.3 is 10.6 Å². The Morgan fingerprint density at radius 2 is 2.05 bits per heavy atom. The standard InChI is InChI=1S/C16H22N4S.HI/c1-3-17-16(19-10-11-21-2)20-12-14-7-4-6-13-8-5-9-18-15(13)14;/h4-9H,3,10-12H2,1-2H3,(H2,17,19,20);1H. The summed E-state index contributed by atoms with van der Waals surface area (Å²) in [5.41, 5.74) is 2.18. The lowest BCUT2D eigenvalue weighted by molar-refractivity contribution is 0.844. The number of thioether (sulfide) groups is 1. The van der Waals surface area contributed by atoms with Gasteiger partial charge in [-0.15, -0.1) is 24.0 Å². The Bertz CT molecular complexity index is 598. The molecule has 0 spiro atoms. The van der Waals surface area contributed by atoms with Crippen LogP contribution >= 0.6 is 35.7 Å². The van der Waals surface area contributed by atoms with Crippen LogP contribution in [0.1, 0.15) is 12.5 Å². The molecule has 1 aromatic carbocycles. The normalized spacial score (nSPS) is 11.1. The predicted octanol–water partition coefficient (Wildman–Crippen LogP) is 3.27. The number of pyridine rings is 1. The van der Waals surface area contributed by atoms with Crippen LogP contribution in [0.25, 0.3) is 10.9 Å². The first kappa shape index (κ1) is 19.0. The molecule has 0 saturated carbocycles. The molecule has 22 heavy (non-hydrogen) atoms. The van der Waals surface area contributed by atoms with E-state index in [0.717, 1.165) is 41.3 Å². The minimum absolute atomic E-state index is 0. The molecule has 2 N–H and O–H groups in total. The molecule has 0 saturated heterocycles. The SMILES string of the molecule is CCNC(=NCc1cccc2cccnc12)NCCSC.I. The Morgan fingerprint density at radius 1 is 1.23 bits per heavy atom. The Kier molecular flexibility index (Phi) is 9.22. The van der Waals surface area contributed by atoms with Crippen LogP contribution in [0.2, 0.25) is 0 Å². The molecule has 4 nitrogen and oxygen atoms in total. The van der Waals surface area contributed by atoms with Crippen molar-refractivity contribution in [2.45, 2.75) is 13.5 Å². The van der Waals surface area contributed by atoms with Gasteiger partial charge in [0.15, 0.2) is 5.96 Å². The van der Waals surface area contributed by atoms with E-state index in [4.69, 9.17) is 0 Å². The van der Waals surface area contributed by atoms with Crippen molar-refractivity contribution in [3.8, 4) is 0 Å². The molecule has 0 amide bonds. The second-order valence-electron chi connectivity index (χ2n) is 4.61. The summed E-state index contributed by atoms with van der Waals surface area (Å²) in [7, 11) is 0. The maximum Gasteiger partial charge on any atom is 0.191 e. The Morgan fingerprint density at radius 3 is 2.82 bits per heavy atom. The van der Waals surface area contributed by atoms with Crippen molar-refractivity contribution in [3.63, 3.8) is 0 Å². The van der Waals surface area contributed by atoms with E-state index in [2.05, 4.69) is 58.1 Å². The zero-order chi connectivity index (χ0) is 14.9. The number of nitrogens with one attached hydrogen (secondary N) is 2. The number of guanidine groups is 1. The lowest BCUT2D eigenvalue weighted by atomic mass is 10.1. The van der Waals surface area contributed by atoms with Crippen LogP contribution in [-0.2, 0) is 6.54 Å². The number of nitrogens with zero attached hydrogens (tertiary/aromatic N) is 2. The molecular weight excluding hydrogens is 407 g/mol. The molecule has 2 rings (SSSR count). The molecule has 1 heterocycles. The van der Waals surface area contributed by atoms with Gasteiger partial charge in [0, 0.05) is 30.4 Å². The lowest BCUT2D eigenvalue weighted by Crippen LogP contribution is -2.38. The summed E-state index contributed by atoms with van der Waals surface area (Å²) in [4.78, 5) is 9.12. The fourth-order valence-corrected chi connectivity index (χ4v) is 2.38. The summed E-state index contributed by atoms with van der Waals surface area (Å²) in [5.74, 6) is 1.93. The topological polar surface area (TPSA) is 49.3 Å². The molecular formula is C16H23IN4S. The van der Waals surface area contributed by atoms with E-state index in [1.807, 2.05) is 24.0 Å². The van der Waals surface area contributed by atoms with Gasteiger partial charge in [0.05, 0.1) is 12.1 Å². The molecule has 120 valence electrons. The maximum atomic E-state index is 4.65. The Hall–Kier alpha value is -1.02. The number of rotatable bonds is 6. The van der Waals surface area contributed by atoms with Crippen molar-refractivity contribution in [2.24, 2.45) is 4.99 Å². The van der Waals surface area contributed by atoms with Crippen molar-refractivity contribution in [1.82, 2.24) is 15.6 Å². The van der Waals surface area contributed by atoms with Crippen LogP contribution < -0.4 is 10.6 Å². The molecule has 0 radical (unpaired) electrons. The number of para-hydroxylation sites is 1. The van der Waals surface area contributed by atoms with Crippen molar-refractivity contribution < 1.29 is 0 Å². The van der Waals surface area contributed by atoms with Crippen LogP contribution in [0.15, 0.2) is 41.5 Å². The van der Waals surface area contributed by atoms with E-state index in [1.54, 1.807) is 0 Å². The number of halogens is 1. The summed E-state index contributed by atoms with van der Waals surface area (Å²) in [5, 5.41) is 7.76. The van der Waals surface area contributed by atoms with Gasteiger partial charge in [-0.2, -0.15) is 11.8 Å². The van der Waals surface area contributed by atoms with Crippen LogP contribution in [0, 0.1) is 0 Å². The highest BCUT2D eigenvalue weighted by Gasteiger charge is 2.02. The molecule has 0 atom stereocenters. The molecule has 0 aliphatic carbocycles. The molecule has 0 fully saturated rings. The van der Waals surface area contributed by atoms with Crippen molar-refractivity contribution in [1.29, 1.82) is 0 Å². The molecule has 0 unspecified atom stereocenters. The van der Waals surface area contributed by atoms with Gasteiger partial charge in [0.1, 0.15) is 0 Å². The minimum atomic E-state index is 0. The molecule has 0 aliphatic rings. The lowest BCUT2D eigenvalue weighted by Gasteiger charge is -2.11. The van der Waals surface area contributed by atoms with Gasteiger partial charge >= 0.3 is 0 Å². The van der Waals surface area contributed by atoms with Crippen LogP contribution in [-0.4, -0.2) is 36.0 Å².